The van der Waals surface area contributed by atoms with E-state index in [0.717, 1.165) is 0 Å². The van der Waals surface area contributed by atoms with Crippen LogP contribution >= 0.6 is 15.9 Å². The second-order valence-electron chi connectivity index (χ2n) is 4.45. The number of sulfonamides is 1. The molecule has 108 valence electrons. The summed E-state index contributed by atoms with van der Waals surface area (Å²) in [6, 6.07) is 4.39. The van der Waals surface area contributed by atoms with E-state index in [2.05, 4.69) is 29.8 Å². The summed E-state index contributed by atoms with van der Waals surface area (Å²) >= 11 is 3.25. The van der Waals surface area contributed by atoms with Gasteiger partial charge in [-0.3, -0.25) is 0 Å². The van der Waals surface area contributed by atoms with E-state index < -0.39 is 10.0 Å². The summed E-state index contributed by atoms with van der Waals surface area (Å²) in [6.07, 6.45) is 0. The predicted octanol–water partition coefficient (Wildman–Crippen LogP) is 2.15. The number of ether oxygens (including phenoxy) is 2. The molecule has 0 saturated heterocycles. The van der Waals surface area contributed by atoms with E-state index in [1.807, 2.05) is 0 Å². The Morgan fingerprint density at radius 1 is 1.32 bits per heavy atom. The fraction of sp³-hybridized carbons (Fsp3) is 0.500. The van der Waals surface area contributed by atoms with Crippen molar-refractivity contribution in [2.75, 3.05) is 19.8 Å². The average molecular weight is 352 g/mol. The standard InChI is InChI=1S/C12H18BrNO4S/c1-9(2)8-17-5-6-18-12-4-3-10(7-11(12)13)19(14,15)16/h3-4,7,9H,5-6,8H2,1-2H3,(H2,14,15,16). The third-order valence-corrected chi connectivity index (χ3v) is 3.70. The van der Waals surface area contributed by atoms with Gasteiger partial charge in [-0.15, -0.1) is 0 Å². The molecule has 0 bridgehead atoms. The summed E-state index contributed by atoms with van der Waals surface area (Å²) < 4.78 is 33.7. The Morgan fingerprint density at radius 2 is 2.00 bits per heavy atom. The molecule has 0 aliphatic heterocycles. The zero-order valence-electron chi connectivity index (χ0n) is 10.9. The summed E-state index contributed by atoms with van der Waals surface area (Å²) in [7, 11) is -3.69. The van der Waals surface area contributed by atoms with Gasteiger partial charge in [-0.25, -0.2) is 13.6 Å². The van der Waals surface area contributed by atoms with Crippen molar-refractivity contribution < 1.29 is 17.9 Å². The Balaban J connectivity index is 2.52. The fourth-order valence-electron chi connectivity index (χ4n) is 1.31. The molecule has 19 heavy (non-hydrogen) atoms. The Hall–Kier alpha value is -0.630. The quantitative estimate of drug-likeness (QED) is 0.763. The zero-order chi connectivity index (χ0) is 14.5. The van der Waals surface area contributed by atoms with E-state index in [-0.39, 0.29) is 4.90 Å². The molecule has 0 radical (unpaired) electrons. The Bertz CT molecular complexity index is 516. The highest BCUT2D eigenvalue weighted by Crippen LogP contribution is 2.27. The number of hydrogen-bond donors (Lipinski definition) is 1. The van der Waals surface area contributed by atoms with Crippen LogP contribution in [0.3, 0.4) is 0 Å². The minimum Gasteiger partial charge on any atom is -0.490 e. The van der Waals surface area contributed by atoms with Gasteiger partial charge >= 0.3 is 0 Å². The lowest BCUT2D eigenvalue weighted by molar-refractivity contribution is 0.0817. The van der Waals surface area contributed by atoms with Crippen molar-refractivity contribution in [3.05, 3.63) is 22.7 Å². The molecule has 2 N–H and O–H groups in total. The van der Waals surface area contributed by atoms with Crippen molar-refractivity contribution >= 4 is 26.0 Å². The SMILES string of the molecule is CC(C)COCCOc1ccc(S(N)(=O)=O)cc1Br. The van der Waals surface area contributed by atoms with Crippen LogP contribution < -0.4 is 9.88 Å². The third-order valence-electron chi connectivity index (χ3n) is 2.17. The van der Waals surface area contributed by atoms with Crippen LogP contribution in [0.4, 0.5) is 0 Å². The fourth-order valence-corrected chi connectivity index (χ4v) is 2.49. The Labute approximate surface area is 122 Å². The average Bonchev–Trinajstić information content (AvgIpc) is 2.28. The molecule has 0 aromatic heterocycles. The molecule has 0 atom stereocenters. The maximum Gasteiger partial charge on any atom is 0.238 e. The van der Waals surface area contributed by atoms with Gasteiger partial charge in [0.05, 0.1) is 16.0 Å². The molecule has 5 nitrogen and oxygen atoms in total. The first kappa shape index (κ1) is 16.4. The number of halogens is 1. The van der Waals surface area contributed by atoms with Crippen LogP contribution in [0.25, 0.3) is 0 Å². The van der Waals surface area contributed by atoms with Gasteiger partial charge in [-0.05, 0) is 40.0 Å². The molecule has 0 unspecified atom stereocenters. The van der Waals surface area contributed by atoms with E-state index >= 15 is 0 Å². The molecule has 0 fully saturated rings. The number of primary sulfonamides is 1. The molecule has 7 heteroatoms. The van der Waals surface area contributed by atoms with Crippen LogP contribution in [0, 0.1) is 5.92 Å². The number of rotatable bonds is 7. The van der Waals surface area contributed by atoms with Gasteiger partial charge in [0, 0.05) is 6.61 Å². The van der Waals surface area contributed by atoms with E-state index in [1.165, 1.54) is 12.1 Å². The van der Waals surface area contributed by atoms with Gasteiger partial charge in [-0.2, -0.15) is 0 Å². The molecule has 0 aliphatic rings. The first-order chi connectivity index (χ1) is 8.80. The van der Waals surface area contributed by atoms with Gasteiger partial charge in [0.2, 0.25) is 10.0 Å². The lowest BCUT2D eigenvalue weighted by atomic mass is 10.2. The first-order valence-electron chi connectivity index (χ1n) is 5.83. The van der Waals surface area contributed by atoms with E-state index in [9.17, 15) is 8.42 Å². The molecule has 1 rings (SSSR count). The minimum atomic E-state index is -3.69. The lowest BCUT2D eigenvalue weighted by Gasteiger charge is -2.10. The Morgan fingerprint density at radius 3 is 2.53 bits per heavy atom. The largest absolute Gasteiger partial charge is 0.490 e. The normalized spacial score (nSPS) is 11.8. The van der Waals surface area contributed by atoms with Crippen molar-refractivity contribution in [1.82, 2.24) is 0 Å². The predicted molar refractivity (Wildman–Crippen MR) is 76.7 cm³/mol. The molecule has 0 heterocycles. The molecule has 0 saturated carbocycles. The number of benzene rings is 1. The Kier molecular flexibility index (Phi) is 6.25. The van der Waals surface area contributed by atoms with Crippen molar-refractivity contribution in [2.45, 2.75) is 18.7 Å². The van der Waals surface area contributed by atoms with E-state index in [1.54, 1.807) is 6.07 Å². The number of hydrogen-bond acceptors (Lipinski definition) is 4. The summed E-state index contributed by atoms with van der Waals surface area (Å²) in [5, 5.41) is 5.03. The molecule has 0 aliphatic carbocycles. The van der Waals surface area contributed by atoms with Crippen molar-refractivity contribution in [2.24, 2.45) is 11.1 Å². The van der Waals surface area contributed by atoms with Crippen LogP contribution in [0.1, 0.15) is 13.8 Å². The summed E-state index contributed by atoms with van der Waals surface area (Å²) in [4.78, 5) is 0.0442. The van der Waals surface area contributed by atoms with Crippen molar-refractivity contribution in [3.8, 4) is 5.75 Å². The van der Waals surface area contributed by atoms with Gasteiger partial charge < -0.3 is 9.47 Å². The second kappa shape index (κ2) is 7.23. The van der Waals surface area contributed by atoms with Crippen LogP contribution in [0.2, 0.25) is 0 Å². The van der Waals surface area contributed by atoms with Gasteiger partial charge in [-0.1, -0.05) is 13.8 Å². The highest BCUT2D eigenvalue weighted by molar-refractivity contribution is 9.10. The molecular weight excluding hydrogens is 334 g/mol. The molecule has 1 aromatic rings. The van der Waals surface area contributed by atoms with Crippen molar-refractivity contribution in [1.29, 1.82) is 0 Å². The monoisotopic (exact) mass is 351 g/mol. The van der Waals surface area contributed by atoms with Crippen LogP contribution in [0.5, 0.6) is 5.75 Å². The summed E-state index contributed by atoms with van der Waals surface area (Å²) in [5.41, 5.74) is 0. The summed E-state index contributed by atoms with van der Waals surface area (Å²) in [6.45, 7) is 5.73. The highest BCUT2D eigenvalue weighted by Gasteiger charge is 2.10. The van der Waals surface area contributed by atoms with Crippen LogP contribution in [-0.2, 0) is 14.8 Å². The van der Waals surface area contributed by atoms with Crippen LogP contribution in [-0.4, -0.2) is 28.2 Å². The highest BCUT2D eigenvalue weighted by atomic mass is 79.9. The van der Waals surface area contributed by atoms with Gasteiger partial charge in [0.1, 0.15) is 12.4 Å². The van der Waals surface area contributed by atoms with Crippen LogP contribution in [0.15, 0.2) is 27.6 Å². The summed E-state index contributed by atoms with van der Waals surface area (Å²) in [5.74, 6) is 1.04. The smallest absolute Gasteiger partial charge is 0.238 e. The zero-order valence-corrected chi connectivity index (χ0v) is 13.3. The van der Waals surface area contributed by atoms with Gasteiger partial charge in [0.15, 0.2) is 0 Å². The maximum absolute atomic E-state index is 11.2. The third kappa shape index (κ3) is 5.90. The van der Waals surface area contributed by atoms with E-state index in [4.69, 9.17) is 14.6 Å². The van der Waals surface area contributed by atoms with Crippen molar-refractivity contribution in [3.63, 3.8) is 0 Å². The van der Waals surface area contributed by atoms with Gasteiger partial charge in [0.25, 0.3) is 0 Å². The molecule has 0 amide bonds. The number of nitrogens with two attached hydrogens (primary N) is 1. The molecule has 0 spiro atoms. The molecular formula is C12H18BrNO4S. The molecule has 1 aromatic carbocycles. The topological polar surface area (TPSA) is 78.6 Å². The lowest BCUT2D eigenvalue weighted by Crippen LogP contribution is -2.13. The van der Waals surface area contributed by atoms with E-state index in [0.29, 0.717) is 36.0 Å². The maximum atomic E-state index is 11.2. The minimum absolute atomic E-state index is 0.0442. The second-order valence-corrected chi connectivity index (χ2v) is 6.87. The first-order valence-corrected chi connectivity index (χ1v) is 8.17.